The van der Waals surface area contributed by atoms with Gasteiger partial charge in [-0.2, -0.15) is 0 Å². The molecular weight excluding hydrogens is 272 g/mol. The number of carbonyl (C=O) groups is 1. The molecule has 0 unspecified atom stereocenters. The number of allylic oxidation sites excluding steroid dienone is 4. The van der Waals surface area contributed by atoms with E-state index in [1.54, 1.807) is 0 Å². The van der Waals surface area contributed by atoms with Crippen molar-refractivity contribution in [2.24, 2.45) is 0 Å². The summed E-state index contributed by atoms with van der Waals surface area (Å²) in [6, 6.07) is 0. The van der Waals surface area contributed by atoms with Crippen molar-refractivity contribution in [3.8, 4) is 0 Å². The SMILES string of the molecule is CCCCCCCCCC/C=C\CC/C=C/CCCC(=O)O. The molecule has 0 rings (SSSR count). The monoisotopic (exact) mass is 308 g/mol. The Bertz CT molecular complexity index is 292. The molecule has 2 nitrogen and oxygen atoms in total. The van der Waals surface area contributed by atoms with Crippen molar-refractivity contribution in [1.29, 1.82) is 0 Å². The molecule has 0 saturated carbocycles. The third-order valence-corrected chi connectivity index (χ3v) is 3.82. The van der Waals surface area contributed by atoms with Crippen molar-refractivity contribution in [1.82, 2.24) is 0 Å². The number of hydrogen-bond acceptors (Lipinski definition) is 1. The largest absolute Gasteiger partial charge is 0.481 e. The Hall–Kier alpha value is -1.05. The number of carboxylic acids is 1. The van der Waals surface area contributed by atoms with Crippen molar-refractivity contribution >= 4 is 5.97 Å². The van der Waals surface area contributed by atoms with E-state index >= 15 is 0 Å². The lowest BCUT2D eigenvalue weighted by Gasteiger charge is -1.99. The Morgan fingerprint density at radius 3 is 1.68 bits per heavy atom. The Labute approximate surface area is 137 Å². The van der Waals surface area contributed by atoms with E-state index in [1.807, 2.05) is 0 Å². The van der Waals surface area contributed by atoms with E-state index in [-0.39, 0.29) is 6.42 Å². The Morgan fingerprint density at radius 2 is 1.14 bits per heavy atom. The number of hydrogen-bond donors (Lipinski definition) is 1. The Morgan fingerprint density at radius 1 is 0.682 bits per heavy atom. The van der Waals surface area contributed by atoms with E-state index in [4.69, 9.17) is 5.11 Å². The van der Waals surface area contributed by atoms with Crippen molar-refractivity contribution in [3.05, 3.63) is 24.3 Å². The first-order valence-electron chi connectivity index (χ1n) is 9.29. The molecule has 22 heavy (non-hydrogen) atoms. The van der Waals surface area contributed by atoms with Crippen LogP contribution in [0.2, 0.25) is 0 Å². The molecule has 0 aliphatic rings. The lowest BCUT2D eigenvalue weighted by Crippen LogP contribution is -1.92. The maximum absolute atomic E-state index is 10.3. The summed E-state index contributed by atoms with van der Waals surface area (Å²) in [6.45, 7) is 2.27. The van der Waals surface area contributed by atoms with Gasteiger partial charge in [-0.1, -0.05) is 76.2 Å². The summed E-state index contributed by atoms with van der Waals surface area (Å²) in [4.78, 5) is 10.3. The minimum Gasteiger partial charge on any atom is -0.481 e. The van der Waals surface area contributed by atoms with E-state index in [0.29, 0.717) is 0 Å². The molecule has 0 fully saturated rings. The van der Waals surface area contributed by atoms with E-state index in [9.17, 15) is 4.79 Å². The average Bonchev–Trinajstić information content (AvgIpc) is 2.50. The van der Waals surface area contributed by atoms with Crippen LogP contribution >= 0.6 is 0 Å². The topological polar surface area (TPSA) is 37.3 Å². The second-order valence-electron chi connectivity index (χ2n) is 6.07. The summed E-state index contributed by atoms with van der Waals surface area (Å²) >= 11 is 0. The zero-order chi connectivity index (χ0) is 16.3. The van der Waals surface area contributed by atoms with Gasteiger partial charge in [0.05, 0.1) is 0 Å². The van der Waals surface area contributed by atoms with Gasteiger partial charge in [-0.3, -0.25) is 4.79 Å². The molecule has 0 radical (unpaired) electrons. The highest BCUT2D eigenvalue weighted by Gasteiger charge is 1.93. The second kappa shape index (κ2) is 18.0. The van der Waals surface area contributed by atoms with Crippen LogP contribution in [0.1, 0.15) is 96.8 Å². The average molecular weight is 309 g/mol. The highest BCUT2D eigenvalue weighted by molar-refractivity contribution is 5.66. The fourth-order valence-electron chi connectivity index (χ4n) is 2.43. The van der Waals surface area contributed by atoms with E-state index in [1.165, 1.54) is 57.8 Å². The molecule has 128 valence electrons. The number of aliphatic carboxylic acids is 1. The second-order valence-corrected chi connectivity index (χ2v) is 6.07. The van der Waals surface area contributed by atoms with Gasteiger partial charge in [0.15, 0.2) is 0 Å². The summed E-state index contributed by atoms with van der Waals surface area (Å²) < 4.78 is 0. The first-order valence-corrected chi connectivity index (χ1v) is 9.29. The molecule has 0 aromatic heterocycles. The quantitative estimate of drug-likeness (QED) is 0.255. The summed E-state index contributed by atoms with van der Waals surface area (Å²) in [5, 5.41) is 8.51. The molecule has 1 N–H and O–H groups in total. The third-order valence-electron chi connectivity index (χ3n) is 3.82. The fraction of sp³-hybridized carbons (Fsp3) is 0.750. The van der Waals surface area contributed by atoms with Gasteiger partial charge in [-0.25, -0.2) is 0 Å². The minimum absolute atomic E-state index is 0.281. The van der Waals surface area contributed by atoms with E-state index in [0.717, 1.165) is 25.7 Å². The first-order chi connectivity index (χ1) is 10.8. The highest BCUT2D eigenvalue weighted by Crippen LogP contribution is 2.10. The molecule has 0 aromatic carbocycles. The van der Waals surface area contributed by atoms with Gasteiger partial charge >= 0.3 is 5.97 Å². The van der Waals surface area contributed by atoms with Crippen LogP contribution in [-0.4, -0.2) is 11.1 Å². The van der Waals surface area contributed by atoms with Crippen LogP contribution in [0, 0.1) is 0 Å². The van der Waals surface area contributed by atoms with Gasteiger partial charge in [0, 0.05) is 6.42 Å². The van der Waals surface area contributed by atoms with Crippen molar-refractivity contribution in [2.75, 3.05) is 0 Å². The smallest absolute Gasteiger partial charge is 0.303 e. The number of carboxylic acid groups (broad SMARTS) is 1. The summed E-state index contributed by atoms with van der Waals surface area (Å²) in [5.74, 6) is -0.697. The van der Waals surface area contributed by atoms with Gasteiger partial charge in [0.1, 0.15) is 0 Å². The van der Waals surface area contributed by atoms with Gasteiger partial charge in [0.25, 0.3) is 0 Å². The van der Waals surface area contributed by atoms with Crippen LogP contribution in [0.4, 0.5) is 0 Å². The Balaban J connectivity index is 3.17. The maximum atomic E-state index is 10.3. The molecule has 2 heteroatoms. The minimum atomic E-state index is -0.697. The van der Waals surface area contributed by atoms with Crippen LogP contribution < -0.4 is 0 Å². The molecule has 0 aliphatic carbocycles. The van der Waals surface area contributed by atoms with Gasteiger partial charge in [-0.05, 0) is 38.5 Å². The van der Waals surface area contributed by atoms with Crippen LogP contribution in [-0.2, 0) is 4.79 Å². The molecule has 0 amide bonds. The predicted molar refractivity (Wildman–Crippen MR) is 96.2 cm³/mol. The normalized spacial score (nSPS) is 11.7. The lowest BCUT2D eigenvalue weighted by atomic mass is 10.1. The molecule has 0 spiro atoms. The molecule has 0 heterocycles. The summed E-state index contributed by atoms with van der Waals surface area (Å²) in [5.41, 5.74) is 0. The third kappa shape index (κ3) is 18.9. The molecule has 0 bridgehead atoms. The van der Waals surface area contributed by atoms with Crippen molar-refractivity contribution < 1.29 is 9.90 Å². The van der Waals surface area contributed by atoms with Crippen LogP contribution in [0.5, 0.6) is 0 Å². The first kappa shape index (κ1) is 20.9. The highest BCUT2D eigenvalue weighted by atomic mass is 16.4. The zero-order valence-corrected chi connectivity index (χ0v) is 14.6. The van der Waals surface area contributed by atoms with Crippen LogP contribution in [0.3, 0.4) is 0 Å². The van der Waals surface area contributed by atoms with Gasteiger partial charge in [0.2, 0.25) is 0 Å². The van der Waals surface area contributed by atoms with Crippen molar-refractivity contribution in [2.45, 2.75) is 96.8 Å². The lowest BCUT2D eigenvalue weighted by molar-refractivity contribution is -0.137. The van der Waals surface area contributed by atoms with E-state index < -0.39 is 5.97 Å². The molecule has 0 aromatic rings. The Kier molecular flexibility index (Phi) is 17.1. The van der Waals surface area contributed by atoms with Crippen LogP contribution in [0.15, 0.2) is 24.3 Å². The van der Waals surface area contributed by atoms with Crippen LogP contribution in [0.25, 0.3) is 0 Å². The summed E-state index contributed by atoms with van der Waals surface area (Å²) in [7, 11) is 0. The number of unbranched alkanes of at least 4 members (excludes halogenated alkanes) is 10. The zero-order valence-electron chi connectivity index (χ0n) is 14.6. The predicted octanol–water partition coefficient (Wildman–Crippen LogP) is 6.66. The standard InChI is InChI=1S/C20H36O2/c1-2-3-4-5-6-7-8-9-10-11-12-13-14-15-16-17-18-19-20(21)22/h11-12,15-16H,2-10,13-14,17-19H2,1H3,(H,21,22)/b12-11-,16-15+. The molecule has 0 aliphatic heterocycles. The van der Waals surface area contributed by atoms with E-state index in [2.05, 4.69) is 31.2 Å². The van der Waals surface area contributed by atoms with Gasteiger partial charge in [-0.15, -0.1) is 0 Å². The molecule has 0 saturated heterocycles. The number of rotatable bonds is 16. The molecular formula is C20H36O2. The van der Waals surface area contributed by atoms with Gasteiger partial charge < -0.3 is 5.11 Å². The summed E-state index contributed by atoms with van der Waals surface area (Å²) in [6.07, 6.45) is 25.3. The fourth-order valence-corrected chi connectivity index (χ4v) is 2.43. The maximum Gasteiger partial charge on any atom is 0.303 e. The van der Waals surface area contributed by atoms with Crippen molar-refractivity contribution in [3.63, 3.8) is 0 Å². The molecule has 0 atom stereocenters.